The highest BCUT2D eigenvalue weighted by molar-refractivity contribution is 6.03. The van der Waals surface area contributed by atoms with Gasteiger partial charge >= 0.3 is 0 Å². The Labute approximate surface area is 263 Å². The Morgan fingerprint density at radius 1 is 0.733 bits per heavy atom. The number of benzene rings is 3. The molecule has 4 atom stereocenters. The van der Waals surface area contributed by atoms with Crippen LogP contribution in [0.4, 0.5) is 0 Å². The molecule has 4 aliphatic rings. The molecule has 45 heavy (non-hydrogen) atoms. The summed E-state index contributed by atoms with van der Waals surface area (Å²) in [5.41, 5.74) is 3.39. The van der Waals surface area contributed by atoms with Gasteiger partial charge in [-0.3, -0.25) is 19.3 Å². The first-order chi connectivity index (χ1) is 21.5. The molecule has 2 spiro atoms. The SMILES string of the molecule is CC(=O)N1Cc2ccccc2C[C@@]2(N=C(C)OC2C)C1=O.CC1OC(c2ccccc2)=N[C@@]12Cc1ccccc1CN(C)C2=O. The van der Waals surface area contributed by atoms with E-state index in [9.17, 15) is 14.4 Å². The molecule has 4 heterocycles. The number of fused-ring (bicyclic) bond motifs is 2. The van der Waals surface area contributed by atoms with Crippen LogP contribution in [0.3, 0.4) is 0 Å². The molecule has 0 N–H and O–H groups in total. The monoisotopic (exact) mass is 606 g/mol. The molecule has 4 aliphatic heterocycles. The Balaban J connectivity index is 0.000000160. The van der Waals surface area contributed by atoms with E-state index < -0.39 is 11.1 Å². The van der Waals surface area contributed by atoms with Crippen molar-refractivity contribution in [2.45, 2.75) is 76.9 Å². The van der Waals surface area contributed by atoms with Gasteiger partial charge in [0.05, 0.1) is 6.54 Å². The van der Waals surface area contributed by atoms with E-state index in [1.165, 1.54) is 23.0 Å². The van der Waals surface area contributed by atoms with Crippen LogP contribution in [-0.4, -0.2) is 69.7 Å². The lowest BCUT2D eigenvalue weighted by Gasteiger charge is -2.30. The Bertz CT molecular complexity index is 1720. The molecule has 2 unspecified atom stereocenters. The van der Waals surface area contributed by atoms with Gasteiger partial charge in [-0.25, -0.2) is 9.98 Å². The molecule has 0 bridgehead atoms. The average molecular weight is 607 g/mol. The summed E-state index contributed by atoms with van der Waals surface area (Å²) >= 11 is 0. The third kappa shape index (κ3) is 5.30. The third-order valence-corrected chi connectivity index (χ3v) is 9.26. The van der Waals surface area contributed by atoms with Crippen molar-refractivity contribution in [3.63, 3.8) is 0 Å². The third-order valence-electron chi connectivity index (χ3n) is 9.26. The first kappa shape index (κ1) is 30.2. The second-order valence-electron chi connectivity index (χ2n) is 12.2. The number of carbonyl (C=O) groups is 3. The summed E-state index contributed by atoms with van der Waals surface area (Å²) in [4.78, 5) is 50.4. The minimum atomic E-state index is -1.03. The molecule has 0 fully saturated rings. The van der Waals surface area contributed by atoms with Crippen molar-refractivity contribution in [2.24, 2.45) is 9.98 Å². The maximum absolute atomic E-state index is 13.2. The lowest BCUT2D eigenvalue weighted by Crippen LogP contribution is -2.53. The molecule has 9 heteroatoms. The first-order valence-corrected chi connectivity index (χ1v) is 15.3. The molecule has 232 valence electrons. The Morgan fingerprint density at radius 2 is 1.24 bits per heavy atom. The van der Waals surface area contributed by atoms with Crippen LogP contribution < -0.4 is 0 Å². The van der Waals surface area contributed by atoms with Crippen molar-refractivity contribution in [3.8, 4) is 0 Å². The normalized spacial score (nSPS) is 26.9. The van der Waals surface area contributed by atoms with Gasteiger partial charge in [0.1, 0.15) is 12.2 Å². The zero-order valence-corrected chi connectivity index (χ0v) is 26.3. The van der Waals surface area contributed by atoms with Crippen LogP contribution in [0.5, 0.6) is 0 Å². The number of amides is 3. The lowest BCUT2D eigenvalue weighted by atomic mass is 9.85. The average Bonchev–Trinajstić information content (AvgIpc) is 3.43. The fraction of sp³-hybridized carbons (Fsp3) is 0.361. The Kier molecular flexibility index (Phi) is 7.81. The number of carbonyl (C=O) groups excluding carboxylic acids is 3. The van der Waals surface area contributed by atoms with Crippen molar-refractivity contribution in [2.75, 3.05) is 7.05 Å². The van der Waals surface area contributed by atoms with E-state index in [4.69, 9.17) is 14.5 Å². The second-order valence-corrected chi connectivity index (χ2v) is 12.2. The van der Waals surface area contributed by atoms with Gasteiger partial charge in [0.15, 0.2) is 17.0 Å². The van der Waals surface area contributed by atoms with Crippen molar-refractivity contribution < 1.29 is 23.9 Å². The summed E-state index contributed by atoms with van der Waals surface area (Å²) < 4.78 is 11.6. The molecule has 7 rings (SSSR count). The van der Waals surface area contributed by atoms with E-state index in [0.717, 1.165) is 16.7 Å². The van der Waals surface area contributed by atoms with Crippen LogP contribution in [0.1, 0.15) is 55.5 Å². The van der Waals surface area contributed by atoms with Gasteiger partial charge in [-0.1, -0.05) is 66.7 Å². The summed E-state index contributed by atoms with van der Waals surface area (Å²) in [5.74, 6) is 0.554. The fourth-order valence-corrected chi connectivity index (χ4v) is 6.73. The minimum absolute atomic E-state index is 0.0251. The maximum Gasteiger partial charge on any atom is 0.261 e. The number of likely N-dealkylation sites (N-methyl/N-ethyl adjacent to an activating group) is 1. The van der Waals surface area contributed by atoms with E-state index in [1.54, 1.807) is 11.8 Å². The summed E-state index contributed by atoms with van der Waals surface area (Å²) in [6, 6.07) is 25.8. The summed E-state index contributed by atoms with van der Waals surface area (Å²) in [5, 5.41) is 0. The van der Waals surface area contributed by atoms with Crippen molar-refractivity contribution in [3.05, 3.63) is 107 Å². The Morgan fingerprint density at radius 3 is 1.80 bits per heavy atom. The van der Waals surface area contributed by atoms with E-state index in [2.05, 4.69) is 17.1 Å². The number of hydrogen-bond donors (Lipinski definition) is 0. The first-order valence-electron chi connectivity index (χ1n) is 15.3. The number of imide groups is 1. The van der Waals surface area contributed by atoms with Gasteiger partial charge in [0.25, 0.3) is 11.8 Å². The standard InChI is InChI=1S/C20H20N2O2.C16H18N2O3/c1-14-20(21-18(24-14)15-8-4-3-5-9-15)12-16-10-6-7-11-17(16)13-22(2)19(20)23;1-10-16(17-11(2)21-10)8-13-6-4-5-7-14(13)9-18(12(3)19)15(16)20/h3-11,14H,12-13H2,1-2H3;4-7,10H,8-9H2,1-3H3/t14?,20-;10?,16-/m00/s1. The van der Waals surface area contributed by atoms with Gasteiger partial charge in [-0.05, 0) is 48.2 Å². The molecular formula is C36H38N4O5. The molecule has 0 aromatic heterocycles. The zero-order chi connectivity index (χ0) is 31.9. The predicted molar refractivity (Wildman–Crippen MR) is 171 cm³/mol. The highest BCUT2D eigenvalue weighted by Crippen LogP contribution is 2.38. The summed E-state index contributed by atoms with van der Waals surface area (Å²) in [6.45, 7) is 7.85. The topological polar surface area (TPSA) is 101 Å². The van der Waals surface area contributed by atoms with Crippen LogP contribution in [0, 0.1) is 0 Å². The fourth-order valence-electron chi connectivity index (χ4n) is 6.73. The largest absolute Gasteiger partial charge is 0.475 e. The van der Waals surface area contributed by atoms with Crippen molar-refractivity contribution >= 4 is 29.5 Å². The van der Waals surface area contributed by atoms with Crippen molar-refractivity contribution in [1.82, 2.24) is 9.80 Å². The van der Waals surface area contributed by atoms with Gasteiger partial charge in [-0.2, -0.15) is 0 Å². The van der Waals surface area contributed by atoms with Crippen LogP contribution in [0.15, 0.2) is 88.8 Å². The second kappa shape index (κ2) is 11.6. The molecule has 3 aromatic carbocycles. The Hall–Kier alpha value is -4.79. The quantitative estimate of drug-likeness (QED) is 0.406. The van der Waals surface area contributed by atoms with E-state index in [-0.39, 0.29) is 29.9 Å². The van der Waals surface area contributed by atoms with Gasteiger partial charge in [-0.15, -0.1) is 0 Å². The van der Waals surface area contributed by atoms with Crippen LogP contribution >= 0.6 is 0 Å². The zero-order valence-electron chi connectivity index (χ0n) is 26.3. The molecule has 3 amide bonds. The van der Waals surface area contributed by atoms with E-state index in [1.807, 2.05) is 87.6 Å². The van der Waals surface area contributed by atoms with E-state index in [0.29, 0.717) is 37.7 Å². The number of rotatable bonds is 1. The maximum atomic E-state index is 13.2. The van der Waals surface area contributed by atoms with Crippen LogP contribution in [0.2, 0.25) is 0 Å². The van der Waals surface area contributed by atoms with Crippen LogP contribution in [0.25, 0.3) is 0 Å². The van der Waals surface area contributed by atoms with Crippen molar-refractivity contribution in [1.29, 1.82) is 0 Å². The molecule has 3 aromatic rings. The minimum Gasteiger partial charge on any atom is -0.475 e. The predicted octanol–water partition coefficient (Wildman–Crippen LogP) is 4.50. The van der Waals surface area contributed by atoms with Gasteiger partial charge in [0.2, 0.25) is 11.8 Å². The number of nitrogens with zero attached hydrogens (tertiary/aromatic N) is 4. The van der Waals surface area contributed by atoms with Crippen LogP contribution in [-0.2, 0) is 49.8 Å². The smallest absolute Gasteiger partial charge is 0.261 e. The number of hydrogen-bond acceptors (Lipinski definition) is 7. The number of ether oxygens (including phenoxy) is 2. The number of aliphatic imine (C=N–C) groups is 2. The van der Waals surface area contributed by atoms with E-state index >= 15 is 0 Å². The molecule has 0 aliphatic carbocycles. The summed E-state index contributed by atoms with van der Waals surface area (Å²) in [6.07, 6.45) is 0.362. The summed E-state index contributed by atoms with van der Waals surface area (Å²) in [7, 11) is 1.84. The molecule has 0 saturated carbocycles. The highest BCUT2D eigenvalue weighted by atomic mass is 16.5. The lowest BCUT2D eigenvalue weighted by molar-refractivity contribution is -0.149. The molecule has 0 radical (unpaired) electrons. The molecule has 9 nitrogen and oxygen atoms in total. The molecule has 0 saturated heterocycles. The van der Waals surface area contributed by atoms with Gasteiger partial charge in [0, 0.05) is 45.8 Å². The molecular weight excluding hydrogens is 568 g/mol. The highest BCUT2D eigenvalue weighted by Gasteiger charge is 2.54. The van der Waals surface area contributed by atoms with Gasteiger partial charge < -0.3 is 14.4 Å².